The minimum absolute atomic E-state index is 0.0296. The van der Waals surface area contributed by atoms with E-state index < -0.39 is 10.0 Å². The molecule has 0 radical (unpaired) electrons. The monoisotopic (exact) mass is 484 g/mol. The van der Waals surface area contributed by atoms with E-state index in [1.807, 2.05) is 6.07 Å². The third-order valence-corrected chi connectivity index (χ3v) is 8.06. The molecule has 1 atom stereocenters. The van der Waals surface area contributed by atoms with Crippen molar-refractivity contribution in [2.24, 2.45) is 5.92 Å². The van der Waals surface area contributed by atoms with Gasteiger partial charge in [0.15, 0.2) is 0 Å². The van der Waals surface area contributed by atoms with Crippen molar-refractivity contribution in [2.75, 3.05) is 26.7 Å². The lowest BCUT2D eigenvalue weighted by Gasteiger charge is -2.33. The fourth-order valence-electron chi connectivity index (χ4n) is 4.32. The molecule has 0 aliphatic carbocycles. The van der Waals surface area contributed by atoms with Crippen molar-refractivity contribution in [3.63, 3.8) is 0 Å². The molecule has 34 heavy (non-hydrogen) atoms. The van der Waals surface area contributed by atoms with E-state index in [4.69, 9.17) is 0 Å². The topological polar surface area (TPSA) is 86.4 Å². The van der Waals surface area contributed by atoms with Gasteiger partial charge in [-0.1, -0.05) is 30.3 Å². The first-order valence-corrected chi connectivity index (χ1v) is 12.9. The van der Waals surface area contributed by atoms with Crippen LogP contribution in [0.2, 0.25) is 0 Å². The van der Waals surface area contributed by atoms with E-state index in [-0.39, 0.29) is 29.1 Å². The molecule has 180 valence electrons. The van der Waals surface area contributed by atoms with Gasteiger partial charge < -0.3 is 4.90 Å². The van der Waals surface area contributed by atoms with Crippen LogP contribution in [0.1, 0.15) is 25.0 Å². The second-order valence-corrected chi connectivity index (χ2v) is 10.6. The molecule has 1 amide bonds. The molecule has 4 rings (SSSR count). The number of carbonyl (C=O) groups is 1. The summed E-state index contributed by atoms with van der Waals surface area (Å²) in [5.41, 5.74) is 2.31. The molecule has 1 aromatic heterocycles. The second-order valence-electron chi connectivity index (χ2n) is 8.67. The molecule has 1 saturated heterocycles. The summed E-state index contributed by atoms with van der Waals surface area (Å²) in [4.78, 5) is 15.0. The van der Waals surface area contributed by atoms with Gasteiger partial charge in [0.2, 0.25) is 15.9 Å². The normalized spacial score (nSPS) is 16.9. The molecule has 1 aliphatic heterocycles. The molecule has 0 saturated carbocycles. The average Bonchev–Trinajstić information content (AvgIpc) is 3.33. The van der Waals surface area contributed by atoms with Gasteiger partial charge in [-0.3, -0.25) is 9.89 Å². The van der Waals surface area contributed by atoms with Crippen molar-refractivity contribution in [3.05, 3.63) is 72.2 Å². The number of rotatable bonds is 8. The van der Waals surface area contributed by atoms with E-state index in [2.05, 4.69) is 10.2 Å². The number of hydrogen-bond acceptors (Lipinski definition) is 4. The molecule has 1 unspecified atom stereocenters. The Balaban J connectivity index is 1.30. The van der Waals surface area contributed by atoms with Crippen LogP contribution in [0.15, 0.2) is 65.6 Å². The van der Waals surface area contributed by atoms with Gasteiger partial charge in [-0.25, -0.2) is 12.8 Å². The van der Waals surface area contributed by atoms with Gasteiger partial charge >= 0.3 is 0 Å². The lowest BCUT2D eigenvalue weighted by atomic mass is 9.98. The average molecular weight is 485 g/mol. The maximum atomic E-state index is 13.4. The van der Waals surface area contributed by atoms with E-state index in [9.17, 15) is 17.6 Å². The molecular formula is C25H29FN4O3S. The van der Waals surface area contributed by atoms with Crippen LogP contribution >= 0.6 is 0 Å². The number of benzene rings is 2. The van der Waals surface area contributed by atoms with Crippen LogP contribution in [-0.2, 0) is 21.2 Å². The molecule has 7 nitrogen and oxygen atoms in total. The van der Waals surface area contributed by atoms with Gasteiger partial charge in [-0.05, 0) is 56.0 Å². The quantitative estimate of drug-likeness (QED) is 0.528. The van der Waals surface area contributed by atoms with Crippen molar-refractivity contribution in [1.29, 1.82) is 0 Å². The van der Waals surface area contributed by atoms with Crippen LogP contribution in [0.25, 0.3) is 11.3 Å². The van der Waals surface area contributed by atoms with E-state index in [1.54, 1.807) is 54.4 Å². The lowest BCUT2D eigenvalue weighted by molar-refractivity contribution is -0.135. The predicted molar refractivity (Wildman–Crippen MR) is 128 cm³/mol. The van der Waals surface area contributed by atoms with Crippen molar-refractivity contribution >= 4 is 15.9 Å². The number of nitrogens with one attached hydrogen (secondary N) is 1. The van der Waals surface area contributed by atoms with E-state index in [0.717, 1.165) is 12.1 Å². The van der Waals surface area contributed by atoms with Crippen molar-refractivity contribution in [3.8, 4) is 11.3 Å². The summed E-state index contributed by atoms with van der Waals surface area (Å²) in [6.45, 7) is 1.19. The number of hydrogen-bond donors (Lipinski definition) is 1. The standard InChI is InChI=1S/C25H29FN4O3S/c1-29(14-7-11-22-17-24(28-27-22)19-8-5-10-21(26)16-19)25(31)20-9-6-15-30(18-20)34(32,33)23-12-3-2-4-13-23/h2-5,8,10,12-13,16-17,20H,6-7,9,11,14-15,18H2,1H3,(H,27,28). The highest BCUT2D eigenvalue weighted by molar-refractivity contribution is 7.89. The molecule has 2 heterocycles. The molecule has 3 aromatic rings. The fraction of sp³-hybridized carbons (Fsp3) is 0.360. The van der Waals surface area contributed by atoms with Gasteiger partial charge in [-0.2, -0.15) is 9.40 Å². The first kappa shape index (κ1) is 24.1. The van der Waals surface area contributed by atoms with Crippen LogP contribution in [-0.4, -0.2) is 60.4 Å². The molecule has 9 heteroatoms. The molecular weight excluding hydrogens is 455 g/mol. The number of aromatic nitrogens is 2. The number of sulfonamides is 1. The molecule has 1 aliphatic rings. The Kier molecular flexibility index (Phi) is 7.43. The zero-order chi connectivity index (χ0) is 24.1. The molecule has 2 aromatic carbocycles. The summed E-state index contributed by atoms with van der Waals surface area (Å²) in [5.74, 6) is -0.679. The molecule has 0 bridgehead atoms. The summed E-state index contributed by atoms with van der Waals surface area (Å²) in [6.07, 6.45) is 2.76. The molecule has 1 fully saturated rings. The summed E-state index contributed by atoms with van der Waals surface area (Å²) >= 11 is 0. The first-order chi connectivity index (χ1) is 16.3. The van der Waals surface area contributed by atoms with Crippen LogP contribution in [0.5, 0.6) is 0 Å². The summed E-state index contributed by atoms with van der Waals surface area (Å²) < 4.78 is 40.8. The second kappa shape index (κ2) is 10.5. The Hall–Kier alpha value is -3.04. The Morgan fingerprint density at radius 1 is 1.18 bits per heavy atom. The Morgan fingerprint density at radius 2 is 1.97 bits per heavy atom. The number of aromatic amines is 1. The van der Waals surface area contributed by atoms with Crippen LogP contribution in [0.4, 0.5) is 4.39 Å². The van der Waals surface area contributed by atoms with Gasteiger partial charge in [0.25, 0.3) is 0 Å². The van der Waals surface area contributed by atoms with Gasteiger partial charge in [0, 0.05) is 37.9 Å². The lowest BCUT2D eigenvalue weighted by Crippen LogP contribution is -2.46. The molecule has 1 N–H and O–H groups in total. The fourth-order valence-corrected chi connectivity index (χ4v) is 5.86. The number of piperidine rings is 1. The Labute approximate surface area is 199 Å². The third-order valence-electron chi connectivity index (χ3n) is 6.18. The zero-order valence-electron chi connectivity index (χ0n) is 19.2. The van der Waals surface area contributed by atoms with Crippen molar-refractivity contribution < 1.29 is 17.6 Å². The maximum absolute atomic E-state index is 13.4. The third kappa shape index (κ3) is 5.53. The first-order valence-electron chi connectivity index (χ1n) is 11.4. The maximum Gasteiger partial charge on any atom is 0.243 e. The minimum atomic E-state index is -3.60. The number of aryl methyl sites for hydroxylation is 1. The number of nitrogens with zero attached hydrogens (tertiary/aromatic N) is 3. The SMILES string of the molecule is CN(CCCc1cc(-c2cccc(F)c2)n[nH]1)C(=O)C1CCCN(S(=O)(=O)c2ccccc2)C1. The van der Waals surface area contributed by atoms with E-state index in [1.165, 1.54) is 16.4 Å². The summed E-state index contributed by atoms with van der Waals surface area (Å²) in [5, 5.41) is 7.23. The number of H-pyrrole nitrogens is 1. The number of amides is 1. The molecule has 0 spiro atoms. The van der Waals surface area contributed by atoms with Crippen LogP contribution in [0.3, 0.4) is 0 Å². The Bertz CT molecular complexity index is 1230. The van der Waals surface area contributed by atoms with E-state index in [0.29, 0.717) is 43.6 Å². The zero-order valence-corrected chi connectivity index (χ0v) is 20.0. The van der Waals surface area contributed by atoms with Gasteiger partial charge in [0.05, 0.1) is 16.5 Å². The summed E-state index contributed by atoms with van der Waals surface area (Å²) in [7, 11) is -1.84. The highest BCUT2D eigenvalue weighted by atomic mass is 32.2. The smallest absolute Gasteiger partial charge is 0.243 e. The van der Waals surface area contributed by atoms with Crippen LogP contribution in [0, 0.1) is 11.7 Å². The Morgan fingerprint density at radius 3 is 2.74 bits per heavy atom. The van der Waals surface area contributed by atoms with E-state index >= 15 is 0 Å². The highest BCUT2D eigenvalue weighted by Crippen LogP contribution is 2.25. The predicted octanol–water partition coefficient (Wildman–Crippen LogP) is 3.71. The minimum Gasteiger partial charge on any atom is -0.345 e. The largest absolute Gasteiger partial charge is 0.345 e. The highest BCUT2D eigenvalue weighted by Gasteiger charge is 2.34. The van der Waals surface area contributed by atoms with Gasteiger partial charge in [-0.15, -0.1) is 0 Å². The van der Waals surface area contributed by atoms with Crippen molar-refractivity contribution in [2.45, 2.75) is 30.6 Å². The van der Waals surface area contributed by atoms with Crippen molar-refractivity contribution in [1.82, 2.24) is 19.4 Å². The number of halogens is 1. The number of carbonyl (C=O) groups excluding carboxylic acids is 1. The van der Waals surface area contributed by atoms with Crippen LogP contribution < -0.4 is 0 Å². The van der Waals surface area contributed by atoms with Gasteiger partial charge in [0.1, 0.15) is 5.82 Å². The summed E-state index contributed by atoms with van der Waals surface area (Å²) in [6, 6.07) is 16.5.